The van der Waals surface area contributed by atoms with E-state index in [4.69, 9.17) is 26.7 Å². The van der Waals surface area contributed by atoms with Crippen molar-refractivity contribution in [1.29, 1.82) is 0 Å². The first-order chi connectivity index (χ1) is 7.69. The second kappa shape index (κ2) is 6.35. The summed E-state index contributed by atoms with van der Waals surface area (Å²) in [6, 6.07) is 5.14. The maximum Gasteiger partial charge on any atom is 0.137 e. The highest BCUT2D eigenvalue weighted by Gasteiger charge is 2.05. The first-order valence-electron chi connectivity index (χ1n) is 4.91. The first-order valence-corrected chi connectivity index (χ1v) is 5.29. The minimum Gasteiger partial charge on any atom is -0.492 e. The topological polar surface area (TPSA) is 62.1 Å². The van der Waals surface area contributed by atoms with Gasteiger partial charge in [-0.2, -0.15) is 0 Å². The molecule has 0 aliphatic carbocycles. The third-order valence-corrected chi connectivity index (χ3v) is 2.36. The Kier molecular flexibility index (Phi) is 5.08. The minimum atomic E-state index is 0.0893. The lowest BCUT2D eigenvalue weighted by atomic mass is 10.1. The Hall–Kier alpha value is -1.26. The Labute approximate surface area is 99.1 Å². The Morgan fingerprint density at radius 2 is 2.25 bits per heavy atom. The number of nitrogens with zero attached hydrogens (tertiary/aromatic N) is 1. The zero-order valence-electron chi connectivity index (χ0n) is 8.98. The smallest absolute Gasteiger partial charge is 0.137 e. The standard InChI is InChI=1S/C11H14ClNO3/c1-8(13-15)9-3-4-11(10(12)7-9)16-6-2-5-14/h3-4,7,14-15H,2,5-6H2,1H3/b13-8+. The Morgan fingerprint density at radius 3 is 2.81 bits per heavy atom. The zero-order valence-corrected chi connectivity index (χ0v) is 9.74. The van der Waals surface area contributed by atoms with Gasteiger partial charge in [-0.15, -0.1) is 0 Å². The van der Waals surface area contributed by atoms with Gasteiger partial charge >= 0.3 is 0 Å². The number of aliphatic hydroxyl groups is 1. The lowest BCUT2D eigenvalue weighted by molar-refractivity contribution is 0.233. The molecule has 0 amide bonds. The van der Waals surface area contributed by atoms with E-state index in [1.54, 1.807) is 25.1 Å². The number of aliphatic hydroxyl groups excluding tert-OH is 1. The van der Waals surface area contributed by atoms with Crippen molar-refractivity contribution >= 4 is 17.3 Å². The summed E-state index contributed by atoms with van der Waals surface area (Å²) in [6.45, 7) is 2.19. The fourth-order valence-electron chi connectivity index (χ4n) is 1.15. The van der Waals surface area contributed by atoms with E-state index in [0.717, 1.165) is 5.56 Å². The van der Waals surface area contributed by atoms with Crippen LogP contribution >= 0.6 is 11.6 Å². The van der Waals surface area contributed by atoms with Gasteiger partial charge in [0.05, 0.1) is 17.3 Å². The molecule has 5 heteroatoms. The van der Waals surface area contributed by atoms with Crippen molar-refractivity contribution in [3.63, 3.8) is 0 Å². The molecule has 1 rings (SSSR count). The maximum absolute atomic E-state index is 8.61. The van der Waals surface area contributed by atoms with Crippen LogP contribution in [0.2, 0.25) is 5.02 Å². The van der Waals surface area contributed by atoms with Crippen molar-refractivity contribution in [3.05, 3.63) is 28.8 Å². The first kappa shape index (κ1) is 12.8. The number of benzene rings is 1. The van der Waals surface area contributed by atoms with Crippen molar-refractivity contribution in [2.45, 2.75) is 13.3 Å². The van der Waals surface area contributed by atoms with Crippen LogP contribution in [0, 0.1) is 0 Å². The monoisotopic (exact) mass is 243 g/mol. The molecule has 0 fully saturated rings. The summed E-state index contributed by atoms with van der Waals surface area (Å²) in [6.07, 6.45) is 0.565. The van der Waals surface area contributed by atoms with Crippen molar-refractivity contribution in [2.24, 2.45) is 5.16 Å². The SMILES string of the molecule is C/C(=N\O)c1ccc(OCCCO)c(Cl)c1. The highest BCUT2D eigenvalue weighted by Crippen LogP contribution is 2.25. The van der Waals surface area contributed by atoms with Crippen LogP contribution in [0.15, 0.2) is 23.4 Å². The fourth-order valence-corrected chi connectivity index (χ4v) is 1.38. The minimum absolute atomic E-state index is 0.0893. The molecule has 1 aromatic rings. The average Bonchev–Trinajstić information content (AvgIpc) is 2.30. The fraction of sp³-hybridized carbons (Fsp3) is 0.364. The van der Waals surface area contributed by atoms with Gasteiger partial charge in [0.1, 0.15) is 5.75 Å². The molecule has 0 saturated heterocycles. The van der Waals surface area contributed by atoms with E-state index >= 15 is 0 Å². The van der Waals surface area contributed by atoms with Crippen LogP contribution in [0.5, 0.6) is 5.75 Å². The molecular weight excluding hydrogens is 230 g/mol. The number of ether oxygens (including phenoxy) is 1. The Balaban J connectivity index is 2.75. The number of halogens is 1. The van der Waals surface area contributed by atoms with Gasteiger partial charge in [0, 0.05) is 18.6 Å². The number of hydrogen-bond acceptors (Lipinski definition) is 4. The Morgan fingerprint density at radius 1 is 1.50 bits per heavy atom. The molecule has 0 aliphatic rings. The van der Waals surface area contributed by atoms with E-state index in [9.17, 15) is 0 Å². The third-order valence-electron chi connectivity index (χ3n) is 2.06. The Bertz CT molecular complexity index is 379. The van der Waals surface area contributed by atoms with E-state index < -0.39 is 0 Å². The van der Waals surface area contributed by atoms with Crippen molar-refractivity contribution < 1.29 is 15.1 Å². The molecule has 0 radical (unpaired) electrons. The molecule has 88 valence electrons. The predicted octanol–water partition coefficient (Wildman–Crippen LogP) is 2.30. The molecular formula is C11H14ClNO3. The molecule has 4 nitrogen and oxygen atoms in total. The number of hydrogen-bond donors (Lipinski definition) is 2. The van der Waals surface area contributed by atoms with Crippen LogP contribution in [-0.4, -0.2) is 29.2 Å². The van der Waals surface area contributed by atoms with E-state index in [1.165, 1.54) is 0 Å². The van der Waals surface area contributed by atoms with Gasteiger partial charge in [-0.1, -0.05) is 16.8 Å². The normalized spacial score (nSPS) is 11.6. The summed E-state index contributed by atoms with van der Waals surface area (Å²) < 4.78 is 5.35. The van der Waals surface area contributed by atoms with Gasteiger partial charge < -0.3 is 15.1 Å². The summed E-state index contributed by atoms with van der Waals surface area (Å²) in [4.78, 5) is 0. The molecule has 0 saturated carbocycles. The van der Waals surface area contributed by atoms with E-state index in [1.807, 2.05) is 0 Å². The molecule has 16 heavy (non-hydrogen) atoms. The second-order valence-electron chi connectivity index (χ2n) is 3.26. The molecule has 0 heterocycles. The van der Waals surface area contributed by atoms with Gasteiger partial charge in [0.25, 0.3) is 0 Å². The molecule has 0 atom stereocenters. The number of oxime groups is 1. The van der Waals surface area contributed by atoms with Gasteiger partial charge in [0.2, 0.25) is 0 Å². The summed E-state index contributed by atoms with van der Waals surface area (Å²) in [7, 11) is 0. The summed E-state index contributed by atoms with van der Waals surface area (Å²) in [5, 5.41) is 20.8. The third kappa shape index (κ3) is 3.40. The van der Waals surface area contributed by atoms with Crippen molar-refractivity contribution in [2.75, 3.05) is 13.2 Å². The lowest BCUT2D eigenvalue weighted by Gasteiger charge is -2.08. The largest absolute Gasteiger partial charge is 0.492 e. The van der Waals surface area contributed by atoms with E-state index in [-0.39, 0.29) is 6.61 Å². The molecule has 0 aromatic heterocycles. The molecule has 0 unspecified atom stereocenters. The summed E-state index contributed by atoms with van der Waals surface area (Å²) in [5.74, 6) is 0.560. The van der Waals surface area contributed by atoms with Crippen LogP contribution in [0.25, 0.3) is 0 Å². The average molecular weight is 244 g/mol. The number of rotatable bonds is 5. The molecule has 2 N–H and O–H groups in total. The summed E-state index contributed by atoms with van der Waals surface area (Å²) in [5.41, 5.74) is 1.23. The van der Waals surface area contributed by atoms with Gasteiger partial charge in [-0.05, 0) is 25.1 Å². The van der Waals surface area contributed by atoms with Crippen LogP contribution in [-0.2, 0) is 0 Å². The van der Waals surface area contributed by atoms with Crippen molar-refractivity contribution in [3.8, 4) is 5.75 Å². The van der Waals surface area contributed by atoms with Crippen LogP contribution in [0.1, 0.15) is 18.9 Å². The zero-order chi connectivity index (χ0) is 12.0. The van der Waals surface area contributed by atoms with E-state index in [0.29, 0.717) is 29.5 Å². The van der Waals surface area contributed by atoms with Crippen LogP contribution in [0.3, 0.4) is 0 Å². The second-order valence-corrected chi connectivity index (χ2v) is 3.66. The molecule has 1 aromatic carbocycles. The molecule has 0 spiro atoms. The van der Waals surface area contributed by atoms with Crippen LogP contribution in [0.4, 0.5) is 0 Å². The van der Waals surface area contributed by atoms with Crippen LogP contribution < -0.4 is 4.74 Å². The van der Waals surface area contributed by atoms with Gasteiger partial charge in [0.15, 0.2) is 0 Å². The quantitative estimate of drug-likeness (QED) is 0.361. The molecule has 0 aliphatic heterocycles. The summed E-state index contributed by atoms with van der Waals surface area (Å²) >= 11 is 5.99. The lowest BCUT2D eigenvalue weighted by Crippen LogP contribution is -2.01. The van der Waals surface area contributed by atoms with Gasteiger partial charge in [-0.25, -0.2) is 0 Å². The predicted molar refractivity (Wildman–Crippen MR) is 62.6 cm³/mol. The van der Waals surface area contributed by atoms with Crippen molar-refractivity contribution in [1.82, 2.24) is 0 Å². The van der Waals surface area contributed by atoms with Gasteiger partial charge in [-0.3, -0.25) is 0 Å². The highest BCUT2D eigenvalue weighted by atomic mass is 35.5. The maximum atomic E-state index is 8.61. The highest BCUT2D eigenvalue weighted by molar-refractivity contribution is 6.32. The van der Waals surface area contributed by atoms with E-state index in [2.05, 4.69) is 5.16 Å². The molecule has 0 bridgehead atoms.